The first kappa shape index (κ1) is 25.1. The number of aliphatic hydroxyl groups is 1. The van der Waals surface area contributed by atoms with Gasteiger partial charge in [0.1, 0.15) is 0 Å². The Balaban J connectivity index is 4.86. The van der Waals surface area contributed by atoms with Crippen molar-refractivity contribution in [1.82, 2.24) is 0 Å². The summed E-state index contributed by atoms with van der Waals surface area (Å²) in [5, 5.41) is 10.9. The van der Waals surface area contributed by atoms with Gasteiger partial charge in [0, 0.05) is 6.42 Å². The van der Waals surface area contributed by atoms with Crippen LogP contribution in [0.2, 0.25) is 0 Å². The first-order valence-corrected chi connectivity index (χ1v) is 9.43. The van der Waals surface area contributed by atoms with Crippen LogP contribution in [0.4, 0.5) is 0 Å². The lowest BCUT2D eigenvalue weighted by Gasteiger charge is -2.31. The van der Waals surface area contributed by atoms with E-state index >= 15 is 0 Å². The predicted molar refractivity (Wildman–Crippen MR) is 101 cm³/mol. The van der Waals surface area contributed by atoms with E-state index < -0.39 is 29.4 Å². The number of rotatable bonds is 15. The van der Waals surface area contributed by atoms with Crippen LogP contribution in [-0.2, 0) is 28.6 Å². The number of hydrogen-bond acceptors (Lipinski definition) is 7. The number of esters is 3. The molecule has 0 saturated carbocycles. The summed E-state index contributed by atoms with van der Waals surface area (Å²) in [6.45, 7) is 3.69. The largest absolute Gasteiger partial charge is 0.469 e. The maximum Gasteiger partial charge on any atom is 0.338 e. The Kier molecular flexibility index (Phi) is 13.2. The summed E-state index contributed by atoms with van der Waals surface area (Å²) in [5.74, 6) is -3.33. The number of ether oxygens (including phenoxy) is 3. The van der Waals surface area contributed by atoms with Gasteiger partial charge in [-0.3, -0.25) is 9.59 Å². The number of unbranched alkanes of at least 4 members (excludes halogenated alkanes) is 6. The first-order valence-electron chi connectivity index (χ1n) is 9.43. The first-order chi connectivity index (χ1) is 12.9. The van der Waals surface area contributed by atoms with E-state index in [1.54, 1.807) is 0 Å². The highest BCUT2D eigenvalue weighted by atomic mass is 16.5. The van der Waals surface area contributed by atoms with Crippen LogP contribution in [0.25, 0.3) is 0 Å². The van der Waals surface area contributed by atoms with E-state index in [0.717, 1.165) is 45.6 Å². The van der Waals surface area contributed by atoms with Crippen molar-refractivity contribution in [3.8, 4) is 0 Å². The Morgan fingerprint density at radius 1 is 0.963 bits per heavy atom. The minimum atomic E-state index is -2.13. The van der Waals surface area contributed by atoms with Gasteiger partial charge in [0.05, 0.1) is 27.2 Å². The van der Waals surface area contributed by atoms with Crippen LogP contribution in [0, 0.1) is 5.92 Å². The van der Waals surface area contributed by atoms with Crippen LogP contribution < -0.4 is 0 Å². The lowest BCUT2D eigenvalue weighted by Crippen LogP contribution is -2.50. The Labute approximate surface area is 162 Å². The monoisotopic (exact) mass is 386 g/mol. The molecule has 2 atom stereocenters. The number of hydrogen-bond donors (Lipinski definition) is 1. The molecule has 7 nitrogen and oxygen atoms in total. The molecule has 0 aromatic heterocycles. The third-order valence-corrected chi connectivity index (χ3v) is 4.69. The maximum absolute atomic E-state index is 12.2. The van der Waals surface area contributed by atoms with Crippen LogP contribution in [0.5, 0.6) is 0 Å². The molecule has 0 saturated heterocycles. The Bertz CT molecular complexity index is 475. The fraction of sp³-hybridized carbons (Fsp3) is 0.750. The van der Waals surface area contributed by atoms with Crippen LogP contribution in [0.1, 0.15) is 64.2 Å². The molecular weight excluding hydrogens is 352 g/mol. The van der Waals surface area contributed by atoms with Gasteiger partial charge in [-0.2, -0.15) is 0 Å². The second-order valence-corrected chi connectivity index (χ2v) is 6.56. The van der Waals surface area contributed by atoms with E-state index in [1.807, 2.05) is 6.08 Å². The lowest BCUT2D eigenvalue weighted by atomic mass is 9.80. The second-order valence-electron chi connectivity index (χ2n) is 6.56. The van der Waals surface area contributed by atoms with Crippen molar-refractivity contribution in [2.75, 3.05) is 21.3 Å². The van der Waals surface area contributed by atoms with E-state index in [0.29, 0.717) is 6.42 Å². The van der Waals surface area contributed by atoms with Gasteiger partial charge < -0.3 is 19.3 Å². The van der Waals surface area contributed by atoms with Gasteiger partial charge in [-0.25, -0.2) is 4.79 Å². The number of methoxy groups -OCH3 is 3. The second kappa shape index (κ2) is 14.2. The highest BCUT2D eigenvalue weighted by molar-refractivity contribution is 5.88. The van der Waals surface area contributed by atoms with Crippen molar-refractivity contribution >= 4 is 17.9 Å². The third kappa shape index (κ3) is 9.04. The zero-order valence-electron chi connectivity index (χ0n) is 16.8. The molecule has 0 fully saturated rings. The van der Waals surface area contributed by atoms with Gasteiger partial charge in [0.25, 0.3) is 0 Å². The molecule has 2 unspecified atom stereocenters. The van der Waals surface area contributed by atoms with Crippen LogP contribution in [0.3, 0.4) is 0 Å². The predicted octanol–water partition coefficient (Wildman–Crippen LogP) is 2.94. The van der Waals surface area contributed by atoms with E-state index in [1.165, 1.54) is 14.2 Å². The fourth-order valence-electron chi connectivity index (χ4n) is 3.03. The quantitative estimate of drug-likeness (QED) is 0.200. The van der Waals surface area contributed by atoms with Crippen molar-refractivity contribution in [3.63, 3.8) is 0 Å². The Morgan fingerprint density at radius 3 is 2.07 bits per heavy atom. The van der Waals surface area contributed by atoms with Crippen molar-refractivity contribution < 1.29 is 33.7 Å². The van der Waals surface area contributed by atoms with Crippen molar-refractivity contribution in [3.05, 3.63) is 12.7 Å². The summed E-state index contributed by atoms with van der Waals surface area (Å²) >= 11 is 0. The standard InChI is InChI=1S/C20H34O7/c1-5-6-7-8-9-10-11-12-13-16(18(22)26-3)20(24,19(23)27-4)15-14-17(21)25-2/h5,16,24H,1,6-15H2,2-4H3. The van der Waals surface area contributed by atoms with Crippen molar-refractivity contribution in [2.24, 2.45) is 5.92 Å². The molecule has 7 heteroatoms. The molecule has 0 aromatic rings. The molecule has 0 aromatic carbocycles. The lowest BCUT2D eigenvalue weighted by molar-refractivity contribution is -0.181. The number of allylic oxidation sites excluding steroid dienone is 1. The summed E-state index contributed by atoms with van der Waals surface area (Å²) in [4.78, 5) is 35.8. The van der Waals surface area contributed by atoms with E-state index in [-0.39, 0.29) is 19.3 Å². The minimum absolute atomic E-state index is 0.209. The van der Waals surface area contributed by atoms with Gasteiger partial charge >= 0.3 is 17.9 Å². The molecule has 27 heavy (non-hydrogen) atoms. The molecule has 0 bridgehead atoms. The average Bonchev–Trinajstić information content (AvgIpc) is 2.69. The summed E-state index contributed by atoms with van der Waals surface area (Å²) in [6, 6.07) is 0. The Hall–Kier alpha value is -1.89. The Morgan fingerprint density at radius 2 is 1.56 bits per heavy atom. The molecule has 0 aliphatic heterocycles. The highest BCUT2D eigenvalue weighted by Crippen LogP contribution is 2.31. The molecule has 0 aliphatic carbocycles. The number of carbonyl (C=O) groups excluding carboxylic acids is 3. The zero-order valence-corrected chi connectivity index (χ0v) is 16.8. The fourth-order valence-corrected chi connectivity index (χ4v) is 3.03. The summed E-state index contributed by atoms with van der Waals surface area (Å²) in [5.41, 5.74) is -2.13. The normalized spacial score (nSPS) is 13.9. The average molecular weight is 386 g/mol. The highest BCUT2D eigenvalue weighted by Gasteiger charge is 2.49. The molecular formula is C20H34O7. The van der Waals surface area contributed by atoms with Crippen LogP contribution >= 0.6 is 0 Å². The van der Waals surface area contributed by atoms with Gasteiger partial charge in [0.15, 0.2) is 5.60 Å². The molecule has 0 radical (unpaired) electrons. The summed E-state index contributed by atoms with van der Waals surface area (Å²) in [6.07, 6.45) is 8.55. The smallest absolute Gasteiger partial charge is 0.338 e. The van der Waals surface area contributed by atoms with Crippen LogP contribution in [0.15, 0.2) is 12.7 Å². The molecule has 0 amide bonds. The SMILES string of the molecule is C=CCCCCCCCCC(C(=O)OC)C(O)(CCC(=O)OC)C(=O)OC. The van der Waals surface area contributed by atoms with Gasteiger partial charge in [0.2, 0.25) is 0 Å². The summed E-state index contributed by atoms with van der Waals surface area (Å²) < 4.78 is 14.0. The summed E-state index contributed by atoms with van der Waals surface area (Å²) in [7, 11) is 3.54. The van der Waals surface area contributed by atoms with E-state index in [9.17, 15) is 19.5 Å². The van der Waals surface area contributed by atoms with Gasteiger partial charge in [-0.05, 0) is 25.7 Å². The topological polar surface area (TPSA) is 99.1 Å². The molecule has 0 rings (SSSR count). The molecule has 1 N–H and O–H groups in total. The molecule has 0 heterocycles. The minimum Gasteiger partial charge on any atom is -0.469 e. The van der Waals surface area contributed by atoms with Crippen molar-refractivity contribution in [1.29, 1.82) is 0 Å². The van der Waals surface area contributed by atoms with Gasteiger partial charge in [-0.1, -0.05) is 38.2 Å². The molecule has 0 spiro atoms. The zero-order chi connectivity index (χ0) is 20.7. The van der Waals surface area contributed by atoms with E-state index in [4.69, 9.17) is 4.74 Å². The molecule has 0 aliphatic rings. The van der Waals surface area contributed by atoms with Crippen LogP contribution in [-0.4, -0.2) is 49.9 Å². The maximum atomic E-state index is 12.2. The van der Waals surface area contributed by atoms with E-state index in [2.05, 4.69) is 16.1 Å². The number of carbonyl (C=O) groups is 3. The molecule has 156 valence electrons. The third-order valence-electron chi connectivity index (χ3n) is 4.69. The van der Waals surface area contributed by atoms with Gasteiger partial charge in [-0.15, -0.1) is 6.58 Å². The van der Waals surface area contributed by atoms with Crippen molar-refractivity contribution in [2.45, 2.75) is 69.8 Å².